The highest BCUT2D eigenvalue weighted by Crippen LogP contribution is 2.37. The molecule has 0 bridgehead atoms. The zero-order valence-corrected chi connectivity index (χ0v) is 13.1. The lowest BCUT2D eigenvalue weighted by atomic mass is 9.76. The average Bonchev–Trinajstić information content (AvgIpc) is 2.23. The van der Waals surface area contributed by atoms with Gasteiger partial charge in [0, 0.05) is 17.6 Å². The Labute approximate surface area is 114 Å². The second-order valence-corrected chi connectivity index (χ2v) is 7.92. The van der Waals surface area contributed by atoms with E-state index >= 15 is 0 Å². The first kappa shape index (κ1) is 14.3. The van der Waals surface area contributed by atoms with Gasteiger partial charge in [-0.3, -0.25) is 0 Å². The summed E-state index contributed by atoms with van der Waals surface area (Å²) in [5.41, 5.74) is 0.904. The maximum Gasteiger partial charge on any atom is 0.0125 e. The van der Waals surface area contributed by atoms with Gasteiger partial charge < -0.3 is 10.2 Å². The quantitative estimate of drug-likeness (QED) is 0.828. The van der Waals surface area contributed by atoms with Gasteiger partial charge in [0.1, 0.15) is 0 Å². The third kappa shape index (κ3) is 3.48. The number of piperidine rings is 1. The fourth-order valence-corrected chi connectivity index (χ4v) is 3.40. The normalized spacial score (nSPS) is 33.2. The molecule has 1 saturated carbocycles. The second kappa shape index (κ2) is 5.13. The molecule has 1 aliphatic heterocycles. The molecule has 0 aromatic heterocycles. The maximum absolute atomic E-state index is 3.73. The van der Waals surface area contributed by atoms with Gasteiger partial charge in [-0.2, -0.15) is 0 Å². The van der Waals surface area contributed by atoms with E-state index in [0.29, 0.717) is 5.41 Å². The van der Waals surface area contributed by atoms with Crippen LogP contribution >= 0.6 is 0 Å². The molecule has 1 N–H and O–H groups in total. The first-order valence-electron chi connectivity index (χ1n) is 7.83. The van der Waals surface area contributed by atoms with Crippen molar-refractivity contribution in [2.24, 2.45) is 5.41 Å². The SMILES string of the molecule is CCC1(C)CCN(C2CC(NC(C)(C)C)C2)CC1. The highest BCUT2D eigenvalue weighted by Gasteiger charge is 2.38. The van der Waals surface area contributed by atoms with E-state index in [0.717, 1.165) is 12.1 Å². The molecule has 0 amide bonds. The summed E-state index contributed by atoms with van der Waals surface area (Å²) in [7, 11) is 0. The lowest BCUT2D eigenvalue weighted by Crippen LogP contribution is -2.58. The Balaban J connectivity index is 1.71. The van der Waals surface area contributed by atoms with Crippen molar-refractivity contribution < 1.29 is 0 Å². The summed E-state index contributed by atoms with van der Waals surface area (Å²) in [6, 6.07) is 1.63. The lowest BCUT2D eigenvalue weighted by Gasteiger charge is -2.49. The predicted molar refractivity (Wildman–Crippen MR) is 78.9 cm³/mol. The third-order valence-electron chi connectivity index (χ3n) is 5.13. The summed E-state index contributed by atoms with van der Waals surface area (Å²) in [6.45, 7) is 14.3. The van der Waals surface area contributed by atoms with Crippen LogP contribution in [-0.4, -0.2) is 35.6 Å². The smallest absolute Gasteiger partial charge is 0.0125 e. The topological polar surface area (TPSA) is 15.3 Å². The number of nitrogens with zero attached hydrogens (tertiary/aromatic N) is 1. The molecule has 0 unspecified atom stereocenters. The van der Waals surface area contributed by atoms with Crippen molar-refractivity contribution in [3.05, 3.63) is 0 Å². The minimum atomic E-state index is 0.276. The fraction of sp³-hybridized carbons (Fsp3) is 1.00. The standard InChI is InChI=1S/C16H32N2/c1-6-16(5)7-9-18(10-8-16)14-11-13(12-14)17-15(2,3)4/h13-14,17H,6-12H2,1-5H3. The Hall–Kier alpha value is -0.0800. The van der Waals surface area contributed by atoms with Gasteiger partial charge in [-0.1, -0.05) is 20.3 Å². The van der Waals surface area contributed by atoms with Crippen LogP contribution in [0.4, 0.5) is 0 Å². The molecule has 0 atom stereocenters. The predicted octanol–water partition coefficient (Wildman–Crippen LogP) is 3.42. The highest BCUT2D eigenvalue weighted by molar-refractivity contribution is 4.96. The first-order valence-corrected chi connectivity index (χ1v) is 7.83. The minimum absolute atomic E-state index is 0.276. The molecule has 2 heteroatoms. The van der Waals surface area contributed by atoms with Gasteiger partial charge in [-0.25, -0.2) is 0 Å². The number of hydrogen-bond donors (Lipinski definition) is 1. The third-order valence-corrected chi connectivity index (χ3v) is 5.13. The molecule has 1 aliphatic carbocycles. The highest BCUT2D eigenvalue weighted by atomic mass is 15.2. The summed E-state index contributed by atoms with van der Waals surface area (Å²) < 4.78 is 0. The second-order valence-electron chi connectivity index (χ2n) is 7.92. The van der Waals surface area contributed by atoms with E-state index in [-0.39, 0.29) is 5.54 Å². The summed E-state index contributed by atoms with van der Waals surface area (Å²) in [5.74, 6) is 0. The van der Waals surface area contributed by atoms with Gasteiger partial charge in [0.25, 0.3) is 0 Å². The van der Waals surface area contributed by atoms with Crippen LogP contribution in [0, 0.1) is 5.41 Å². The van der Waals surface area contributed by atoms with Crippen LogP contribution < -0.4 is 5.32 Å². The summed E-state index contributed by atoms with van der Waals surface area (Å²) in [6.07, 6.45) is 6.87. The Bertz CT molecular complexity index is 265. The molecule has 18 heavy (non-hydrogen) atoms. The van der Waals surface area contributed by atoms with E-state index < -0.39 is 0 Å². The summed E-state index contributed by atoms with van der Waals surface area (Å²) in [4.78, 5) is 2.75. The number of rotatable bonds is 3. The molecule has 0 spiro atoms. The van der Waals surface area contributed by atoms with Crippen LogP contribution in [0.25, 0.3) is 0 Å². The molecule has 2 aliphatic rings. The molecular formula is C16H32N2. The van der Waals surface area contributed by atoms with Crippen molar-refractivity contribution in [3.8, 4) is 0 Å². The molecule has 2 nitrogen and oxygen atoms in total. The van der Waals surface area contributed by atoms with Gasteiger partial charge in [0.2, 0.25) is 0 Å². The van der Waals surface area contributed by atoms with Gasteiger partial charge in [0.15, 0.2) is 0 Å². The average molecular weight is 252 g/mol. The Morgan fingerprint density at radius 1 is 1.17 bits per heavy atom. The molecule has 1 heterocycles. The van der Waals surface area contributed by atoms with Crippen LogP contribution in [0.2, 0.25) is 0 Å². The summed E-state index contributed by atoms with van der Waals surface area (Å²) >= 11 is 0. The van der Waals surface area contributed by atoms with E-state index in [1.165, 1.54) is 45.2 Å². The number of likely N-dealkylation sites (tertiary alicyclic amines) is 1. The van der Waals surface area contributed by atoms with Crippen molar-refractivity contribution in [2.75, 3.05) is 13.1 Å². The molecule has 2 fully saturated rings. The number of hydrogen-bond acceptors (Lipinski definition) is 2. The van der Waals surface area contributed by atoms with Crippen LogP contribution in [0.1, 0.15) is 66.7 Å². The van der Waals surface area contributed by atoms with Crippen molar-refractivity contribution in [3.63, 3.8) is 0 Å². The van der Waals surface area contributed by atoms with E-state index in [1.807, 2.05) is 0 Å². The fourth-order valence-electron chi connectivity index (χ4n) is 3.40. The Kier molecular flexibility index (Phi) is 4.08. The molecule has 0 aromatic rings. The van der Waals surface area contributed by atoms with Crippen LogP contribution in [0.5, 0.6) is 0 Å². The zero-order valence-electron chi connectivity index (χ0n) is 13.1. The zero-order chi connectivity index (χ0) is 13.4. The Morgan fingerprint density at radius 2 is 1.72 bits per heavy atom. The monoisotopic (exact) mass is 252 g/mol. The first-order chi connectivity index (χ1) is 8.31. The molecule has 0 aromatic carbocycles. The van der Waals surface area contributed by atoms with E-state index in [2.05, 4.69) is 44.8 Å². The number of nitrogens with one attached hydrogen (secondary N) is 1. The summed E-state index contributed by atoms with van der Waals surface area (Å²) in [5, 5.41) is 3.73. The van der Waals surface area contributed by atoms with Crippen LogP contribution in [0.15, 0.2) is 0 Å². The van der Waals surface area contributed by atoms with Crippen molar-refractivity contribution >= 4 is 0 Å². The van der Waals surface area contributed by atoms with Gasteiger partial charge in [-0.05, 0) is 65.0 Å². The van der Waals surface area contributed by atoms with E-state index in [4.69, 9.17) is 0 Å². The van der Waals surface area contributed by atoms with Crippen molar-refractivity contribution in [1.82, 2.24) is 10.2 Å². The maximum atomic E-state index is 3.73. The van der Waals surface area contributed by atoms with Gasteiger partial charge in [-0.15, -0.1) is 0 Å². The lowest BCUT2D eigenvalue weighted by molar-refractivity contribution is 0.0296. The van der Waals surface area contributed by atoms with Crippen molar-refractivity contribution in [2.45, 2.75) is 84.3 Å². The molecule has 2 rings (SSSR count). The van der Waals surface area contributed by atoms with Crippen molar-refractivity contribution in [1.29, 1.82) is 0 Å². The minimum Gasteiger partial charge on any atom is -0.309 e. The van der Waals surface area contributed by atoms with E-state index in [1.54, 1.807) is 0 Å². The van der Waals surface area contributed by atoms with Gasteiger partial charge in [0.05, 0.1) is 0 Å². The van der Waals surface area contributed by atoms with E-state index in [9.17, 15) is 0 Å². The molecule has 106 valence electrons. The largest absolute Gasteiger partial charge is 0.309 e. The van der Waals surface area contributed by atoms with Gasteiger partial charge >= 0.3 is 0 Å². The Morgan fingerprint density at radius 3 is 2.17 bits per heavy atom. The van der Waals surface area contributed by atoms with Crippen LogP contribution in [-0.2, 0) is 0 Å². The van der Waals surface area contributed by atoms with Crippen LogP contribution in [0.3, 0.4) is 0 Å². The molecule has 0 radical (unpaired) electrons. The molecular weight excluding hydrogens is 220 g/mol. The molecule has 1 saturated heterocycles.